The number of rotatable bonds is 1. The molecule has 6 heteroatoms. The summed E-state index contributed by atoms with van der Waals surface area (Å²) in [5.41, 5.74) is -0.144. The minimum absolute atomic E-state index is 0. The molecular formula is C7H7Cl2FN2O. The lowest BCUT2D eigenvalue weighted by Gasteiger charge is -2.06. The molecular weight excluding hydrogens is 218 g/mol. The number of hydrogen-bond acceptors (Lipinski definition) is 2. The summed E-state index contributed by atoms with van der Waals surface area (Å²) in [5.74, 6) is 3.51. The maximum absolute atomic E-state index is 12.8. The third-order valence-corrected chi connectivity index (χ3v) is 1.45. The Morgan fingerprint density at radius 3 is 2.46 bits per heavy atom. The van der Waals surface area contributed by atoms with E-state index in [1.807, 2.05) is 0 Å². The molecule has 0 aromatic heterocycles. The number of carbonyl (C=O) groups is 1. The van der Waals surface area contributed by atoms with Gasteiger partial charge in [-0.05, 0) is 12.1 Å². The number of hydrogen-bond donors (Lipinski definition) is 1. The van der Waals surface area contributed by atoms with Gasteiger partial charge in [0.1, 0.15) is 5.82 Å². The molecule has 3 nitrogen and oxygen atoms in total. The average molecular weight is 225 g/mol. The molecule has 1 aromatic rings. The zero-order chi connectivity index (χ0) is 9.14. The number of carbonyl (C=O) groups excluding carboxylic acids is 1. The average Bonchev–Trinajstić information content (AvgIpc) is 2.04. The van der Waals surface area contributed by atoms with Crippen LogP contribution >= 0.6 is 24.2 Å². The van der Waals surface area contributed by atoms with Gasteiger partial charge in [0.25, 0.3) is 5.91 Å². The van der Waals surface area contributed by atoms with E-state index in [9.17, 15) is 9.18 Å². The van der Waals surface area contributed by atoms with E-state index in [2.05, 4.69) is 0 Å². The zero-order valence-electron chi connectivity index (χ0n) is 6.41. The van der Waals surface area contributed by atoms with Gasteiger partial charge in [-0.15, -0.1) is 12.4 Å². The molecule has 0 fully saturated rings. The van der Waals surface area contributed by atoms with E-state index in [1.165, 1.54) is 18.2 Å². The summed E-state index contributed by atoms with van der Waals surface area (Å²) in [6.07, 6.45) is 0. The van der Waals surface area contributed by atoms with Crippen molar-refractivity contribution in [2.24, 2.45) is 5.84 Å². The Balaban J connectivity index is 0.00000144. The molecule has 1 aromatic carbocycles. The largest absolute Gasteiger partial charge is 0.285 e. The lowest BCUT2D eigenvalue weighted by Crippen LogP contribution is -2.28. The lowest BCUT2D eigenvalue weighted by molar-refractivity contribution is 0.0859. The van der Waals surface area contributed by atoms with E-state index < -0.39 is 11.7 Å². The van der Waals surface area contributed by atoms with E-state index in [4.69, 9.17) is 17.6 Å². The molecule has 0 spiro atoms. The molecule has 72 valence electrons. The number of benzene rings is 1. The van der Waals surface area contributed by atoms with Gasteiger partial charge in [-0.25, -0.2) is 10.2 Å². The Kier molecular flexibility index (Phi) is 4.69. The van der Waals surface area contributed by atoms with Crippen LogP contribution in [0.2, 0.25) is 0 Å². The van der Waals surface area contributed by atoms with Crippen molar-refractivity contribution >= 4 is 30.1 Å². The van der Waals surface area contributed by atoms with Crippen molar-refractivity contribution in [1.29, 1.82) is 0 Å². The van der Waals surface area contributed by atoms with Crippen molar-refractivity contribution in [3.05, 3.63) is 35.6 Å². The number of hydrazine groups is 1. The molecule has 0 bridgehead atoms. The number of amides is 1. The summed E-state index contributed by atoms with van der Waals surface area (Å²) < 4.78 is 13.2. The molecule has 0 aliphatic heterocycles. The Bertz CT molecular complexity index is 306. The minimum Gasteiger partial charge on any atom is -0.266 e. The molecule has 0 radical (unpaired) electrons. The number of nitrogens with two attached hydrogens (primary N) is 1. The summed E-state index contributed by atoms with van der Waals surface area (Å²) in [6.45, 7) is 0. The zero-order valence-corrected chi connectivity index (χ0v) is 7.98. The molecule has 0 saturated carbocycles. The van der Waals surface area contributed by atoms with Crippen LogP contribution in [0.4, 0.5) is 4.39 Å². The van der Waals surface area contributed by atoms with Crippen LogP contribution in [-0.2, 0) is 0 Å². The van der Waals surface area contributed by atoms with Gasteiger partial charge in [0.05, 0.1) is 5.56 Å². The summed E-state index contributed by atoms with van der Waals surface area (Å²) in [5, 5.41) is 0. The predicted molar refractivity (Wildman–Crippen MR) is 49.9 cm³/mol. The fraction of sp³-hybridized carbons (Fsp3) is 0. The standard InChI is InChI=1S/C7H6ClFN2O.ClH/c8-11(10)7(12)5-3-1-2-4-6(5)9;/h1-4H,10H2;1H. The second-order valence-electron chi connectivity index (χ2n) is 2.10. The molecule has 0 atom stereocenters. The topological polar surface area (TPSA) is 46.3 Å². The Morgan fingerprint density at radius 2 is 2.00 bits per heavy atom. The highest BCUT2D eigenvalue weighted by molar-refractivity contribution is 6.23. The van der Waals surface area contributed by atoms with Crippen molar-refractivity contribution in [2.45, 2.75) is 0 Å². The summed E-state index contributed by atoms with van der Waals surface area (Å²) >= 11 is 5.13. The Morgan fingerprint density at radius 1 is 1.46 bits per heavy atom. The Hall–Kier alpha value is -0.840. The smallest absolute Gasteiger partial charge is 0.266 e. The van der Waals surface area contributed by atoms with Crippen LogP contribution in [0, 0.1) is 5.82 Å². The lowest BCUT2D eigenvalue weighted by atomic mass is 10.2. The highest BCUT2D eigenvalue weighted by Crippen LogP contribution is 2.08. The second-order valence-corrected chi connectivity index (χ2v) is 2.46. The van der Waals surface area contributed by atoms with Crippen LogP contribution in [-0.4, -0.2) is 10.4 Å². The highest BCUT2D eigenvalue weighted by Gasteiger charge is 2.13. The predicted octanol–water partition coefficient (Wildman–Crippen LogP) is 1.72. The van der Waals surface area contributed by atoms with Gasteiger partial charge in [0.15, 0.2) is 0 Å². The van der Waals surface area contributed by atoms with Crippen molar-refractivity contribution in [2.75, 3.05) is 0 Å². The van der Waals surface area contributed by atoms with Crippen LogP contribution in [0.5, 0.6) is 0 Å². The monoisotopic (exact) mass is 224 g/mol. The fourth-order valence-electron chi connectivity index (χ4n) is 0.750. The first-order valence-electron chi connectivity index (χ1n) is 3.12. The third kappa shape index (κ3) is 2.84. The van der Waals surface area contributed by atoms with Gasteiger partial charge in [0, 0.05) is 11.8 Å². The minimum atomic E-state index is -0.769. The first kappa shape index (κ1) is 12.2. The molecule has 0 unspecified atom stereocenters. The normalized spacial score (nSPS) is 8.85. The van der Waals surface area contributed by atoms with Gasteiger partial charge < -0.3 is 0 Å². The van der Waals surface area contributed by atoms with Gasteiger partial charge in [0.2, 0.25) is 0 Å². The van der Waals surface area contributed by atoms with Gasteiger partial charge in [-0.3, -0.25) is 4.79 Å². The van der Waals surface area contributed by atoms with Crippen molar-refractivity contribution in [3.8, 4) is 0 Å². The number of halogens is 3. The maximum atomic E-state index is 12.8. The third-order valence-electron chi connectivity index (χ3n) is 1.30. The molecule has 13 heavy (non-hydrogen) atoms. The fourth-order valence-corrected chi connectivity index (χ4v) is 0.841. The summed E-state index contributed by atoms with van der Waals surface area (Å²) in [4.78, 5) is 11.0. The van der Waals surface area contributed by atoms with E-state index in [0.717, 1.165) is 6.07 Å². The molecule has 0 saturated heterocycles. The van der Waals surface area contributed by atoms with E-state index in [-0.39, 0.29) is 18.0 Å². The van der Waals surface area contributed by atoms with Crippen LogP contribution < -0.4 is 5.84 Å². The molecule has 0 aliphatic carbocycles. The van der Waals surface area contributed by atoms with E-state index >= 15 is 0 Å². The second kappa shape index (κ2) is 5.01. The van der Waals surface area contributed by atoms with E-state index in [0.29, 0.717) is 4.53 Å². The SMILES string of the molecule is Cl.NN(Cl)C(=O)c1ccccc1F. The van der Waals surface area contributed by atoms with Crippen LogP contribution in [0.3, 0.4) is 0 Å². The van der Waals surface area contributed by atoms with Crippen molar-refractivity contribution < 1.29 is 9.18 Å². The van der Waals surface area contributed by atoms with Crippen molar-refractivity contribution in [1.82, 2.24) is 4.53 Å². The first-order valence-corrected chi connectivity index (χ1v) is 3.46. The Labute approximate surface area is 85.8 Å². The quantitative estimate of drug-likeness (QED) is 0.342. The molecule has 0 aliphatic rings. The summed E-state index contributed by atoms with van der Waals surface area (Å²) in [6, 6.07) is 5.46. The summed E-state index contributed by atoms with van der Waals surface area (Å²) in [7, 11) is 0. The van der Waals surface area contributed by atoms with Crippen LogP contribution in [0.1, 0.15) is 10.4 Å². The molecule has 1 rings (SSSR count). The van der Waals surface area contributed by atoms with Crippen LogP contribution in [0.15, 0.2) is 24.3 Å². The molecule has 2 N–H and O–H groups in total. The van der Waals surface area contributed by atoms with Crippen molar-refractivity contribution in [3.63, 3.8) is 0 Å². The van der Waals surface area contributed by atoms with Gasteiger partial charge in [-0.1, -0.05) is 12.1 Å². The molecule has 0 heterocycles. The first-order chi connectivity index (χ1) is 5.63. The van der Waals surface area contributed by atoms with E-state index in [1.54, 1.807) is 0 Å². The van der Waals surface area contributed by atoms with Crippen LogP contribution in [0.25, 0.3) is 0 Å². The van der Waals surface area contributed by atoms with Gasteiger partial charge >= 0.3 is 0 Å². The van der Waals surface area contributed by atoms with Gasteiger partial charge in [-0.2, -0.15) is 4.53 Å². The number of nitrogens with zero attached hydrogens (tertiary/aromatic N) is 1. The highest BCUT2D eigenvalue weighted by atomic mass is 35.5. The maximum Gasteiger partial charge on any atom is 0.285 e. The molecule has 1 amide bonds.